The second-order valence-corrected chi connectivity index (χ2v) is 7.30. The molecule has 3 aliphatic rings. The van der Waals surface area contributed by atoms with Crippen LogP contribution in [-0.4, -0.2) is 49.4 Å². The number of piperidine rings is 1. The minimum Gasteiger partial charge on any atom is -0.485 e. The summed E-state index contributed by atoms with van der Waals surface area (Å²) in [5, 5.41) is 6.93. The van der Waals surface area contributed by atoms with E-state index < -0.39 is 0 Å². The number of hydrogen-bond donors (Lipinski definition) is 2. The normalized spacial score (nSPS) is 20.1. The van der Waals surface area contributed by atoms with Gasteiger partial charge in [-0.15, -0.1) is 0 Å². The number of aromatic nitrogens is 2. The van der Waals surface area contributed by atoms with E-state index in [4.69, 9.17) is 14.5 Å². The predicted molar refractivity (Wildman–Crippen MR) is 104 cm³/mol. The molecule has 7 heteroatoms. The van der Waals surface area contributed by atoms with Crippen molar-refractivity contribution in [3.05, 3.63) is 35.8 Å². The first-order valence-electron chi connectivity index (χ1n) is 9.79. The minimum atomic E-state index is 0.490. The van der Waals surface area contributed by atoms with Gasteiger partial charge in [-0.2, -0.15) is 0 Å². The summed E-state index contributed by atoms with van der Waals surface area (Å²) < 4.78 is 11.6. The average molecular weight is 367 g/mol. The van der Waals surface area contributed by atoms with E-state index in [0.717, 1.165) is 80.7 Å². The Hall–Kier alpha value is -2.38. The zero-order chi connectivity index (χ0) is 18.1. The van der Waals surface area contributed by atoms with E-state index in [2.05, 4.69) is 32.7 Å². The Kier molecular flexibility index (Phi) is 4.55. The molecule has 5 rings (SSSR count). The summed E-state index contributed by atoms with van der Waals surface area (Å²) in [7, 11) is 0. The highest BCUT2D eigenvalue weighted by Crippen LogP contribution is 2.38. The van der Waals surface area contributed by atoms with Crippen LogP contribution in [0.4, 0.5) is 17.2 Å². The molecule has 2 fully saturated rings. The molecule has 27 heavy (non-hydrogen) atoms. The maximum absolute atomic E-state index is 6.11. The molecule has 0 aromatic carbocycles. The van der Waals surface area contributed by atoms with Gasteiger partial charge in [-0.25, -0.2) is 4.98 Å². The van der Waals surface area contributed by atoms with Gasteiger partial charge in [-0.3, -0.25) is 4.98 Å². The van der Waals surface area contributed by atoms with Crippen molar-refractivity contribution < 1.29 is 9.47 Å². The standard InChI is InChI=1S/C20H25N5O2/c1-4-21-5-2-14(1)16-11-17-19(12-23-16)27-13-15-18(3-6-22-20(15)24-17)25-7-9-26-10-8-25/h3,6,11-12,14,21H,1-2,4-5,7-10,13H2,(H,22,24). The summed E-state index contributed by atoms with van der Waals surface area (Å²) >= 11 is 0. The highest BCUT2D eigenvalue weighted by atomic mass is 16.5. The van der Waals surface area contributed by atoms with Gasteiger partial charge in [-0.05, 0) is 38.1 Å². The molecule has 0 spiro atoms. The summed E-state index contributed by atoms with van der Waals surface area (Å²) in [6.07, 6.45) is 5.99. The van der Waals surface area contributed by atoms with Crippen LogP contribution in [0.15, 0.2) is 24.5 Å². The zero-order valence-electron chi connectivity index (χ0n) is 15.4. The van der Waals surface area contributed by atoms with Crippen molar-refractivity contribution in [3.8, 4) is 5.75 Å². The smallest absolute Gasteiger partial charge is 0.161 e. The fraction of sp³-hybridized carbons (Fsp3) is 0.500. The molecule has 0 saturated carbocycles. The van der Waals surface area contributed by atoms with Crippen LogP contribution in [0.3, 0.4) is 0 Å². The molecule has 142 valence electrons. The molecule has 0 radical (unpaired) electrons. The van der Waals surface area contributed by atoms with Gasteiger partial charge in [0.25, 0.3) is 0 Å². The number of nitrogens with one attached hydrogen (secondary N) is 2. The molecule has 7 nitrogen and oxygen atoms in total. The Morgan fingerprint density at radius 2 is 1.96 bits per heavy atom. The molecule has 0 atom stereocenters. The molecule has 3 aliphatic heterocycles. The van der Waals surface area contributed by atoms with E-state index in [0.29, 0.717) is 12.5 Å². The molecule has 5 heterocycles. The Morgan fingerprint density at radius 1 is 1.11 bits per heavy atom. The van der Waals surface area contributed by atoms with Crippen LogP contribution in [0, 0.1) is 0 Å². The van der Waals surface area contributed by atoms with Gasteiger partial charge < -0.3 is 25.0 Å². The summed E-state index contributed by atoms with van der Waals surface area (Å²) in [4.78, 5) is 11.6. The largest absolute Gasteiger partial charge is 0.485 e. The second kappa shape index (κ2) is 7.32. The summed E-state index contributed by atoms with van der Waals surface area (Å²) in [5.74, 6) is 2.17. The van der Waals surface area contributed by atoms with E-state index in [-0.39, 0.29) is 0 Å². The van der Waals surface area contributed by atoms with Crippen LogP contribution in [0.5, 0.6) is 5.75 Å². The number of morpholine rings is 1. The van der Waals surface area contributed by atoms with Gasteiger partial charge in [-0.1, -0.05) is 0 Å². The van der Waals surface area contributed by atoms with E-state index >= 15 is 0 Å². The summed E-state index contributed by atoms with van der Waals surface area (Å²) in [6, 6.07) is 4.22. The number of anilines is 3. The second-order valence-electron chi connectivity index (χ2n) is 7.30. The first-order chi connectivity index (χ1) is 13.4. The lowest BCUT2D eigenvalue weighted by atomic mass is 9.94. The van der Waals surface area contributed by atoms with Crippen LogP contribution >= 0.6 is 0 Å². The average Bonchev–Trinajstić information content (AvgIpc) is 2.93. The van der Waals surface area contributed by atoms with Crippen molar-refractivity contribution in [1.29, 1.82) is 0 Å². The van der Waals surface area contributed by atoms with Gasteiger partial charge in [0.2, 0.25) is 0 Å². The van der Waals surface area contributed by atoms with E-state index in [1.807, 2.05) is 12.4 Å². The molecular formula is C20H25N5O2. The third-order valence-corrected chi connectivity index (χ3v) is 5.65. The third-order valence-electron chi connectivity index (χ3n) is 5.65. The third kappa shape index (κ3) is 3.33. The SMILES string of the molecule is c1cc(N2CCOCC2)c2c(n1)Nc1cc(C3CCNCC3)ncc1OC2. The van der Waals surface area contributed by atoms with Gasteiger partial charge in [0.1, 0.15) is 12.4 Å². The quantitative estimate of drug-likeness (QED) is 0.845. The number of ether oxygens (including phenoxy) is 2. The topological polar surface area (TPSA) is 71.5 Å². The molecular weight excluding hydrogens is 342 g/mol. The summed E-state index contributed by atoms with van der Waals surface area (Å²) in [6.45, 7) is 5.91. The number of rotatable bonds is 2. The van der Waals surface area contributed by atoms with Crippen LogP contribution in [0.2, 0.25) is 0 Å². The number of fused-ring (bicyclic) bond motifs is 2. The van der Waals surface area contributed by atoms with E-state index in [1.54, 1.807) is 0 Å². The van der Waals surface area contributed by atoms with Gasteiger partial charge >= 0.3 is 0 Å². The molecule has 0 unspecified atom stereocenters. The number of nitrogens with zero attached hydrogens (tertiary/aromatic N) is 3. The van der Waals surface area contributed by atoms with Crippen molar-refractivity contribution >= 4 is 17.2 Å². The predicted octanol–water partition coefficient (Wildman–Crippen LogP) is 2.42. The monoisotopic (exact) mass is 367 g/mol. The lowest BCUT2D eigenvalue weighted by Crippen LogP contribution is -2.37. The summed E-state index contributed by atoms with van der Waals surface area (Å²) in [5.41, 5.74) is 4.37. The minimum absolute atomic E-state index is 0.490. The Morgan fingerprint density at radius 3 is 2.81 bits per heavy atom. The van der Waals surface area contributed by atoms with Gasteiger partial charge in [0, 0.05) is 36.6 Å². The highest BCUT2D eigenvalue weighted by molar-refractivity contribution is 5.72. The Labute approximate surface area is 159 Å². The van der Waals surface area contributed by atoms with Crippen LogP contribution in [-0.2, 0) is 11.3 Å². The van der Waals surface area contributed by atoms with Crippen LogP contribution in [0.1, 0.15) is 30.0 Å². The van der Waals surface area contributed by atoms with Crippen LogP contribution < -0.4 is 20.3 Å². The zero-order valence-corrected chi connectivity index (χ0v) is 15.4. The van der Waals surface area contributed by atoms with Crippen molar-refractivity contribution in [2.45, 2.75) is 25.4 Å². The van der Waals surface area contributed by atoms with E-state index in [9.17, 15) is 0 Å². The lowest BCUT2D eigenvalue weighted by Gasteiger charge is -2.30. The fourth-order valence-electron chi connectivity index (χ4n) is 4.12. The number of hydrogen-bond acceptors (Lipinski definition) is 7. The van der Waals surface area contributed by atoms with E-state index in [1.165, 1.54) is 5.69 Å². The molecule has 2 N–H and O–H groups in total. The lowest BCUT2D eigenvalue weighted by molar-refractivity contribution is 0.122. The van der Waals surface area contributed by atoms with Crippen molar-refractivity contribution in [2.75, 3.05) is 49.6 Å². The molecule has 2 aromatic heterocycles. The number of pyridine rings is 2. The molecule has 0 aliphatic carbocycles. The van der Waals surface area contributed by atoms with Crippen molar-refractivity contribution in [2.24, 2.45) is 0 Å². The maximum Gasteiger partial charge on any atom is 0.161 e. The molecule has 0 bridgehead atoms. The highest BCUT2D eigenvalue weighted by Gasteiger charge is 2.24. The fourth-order valence-corrected chi connectivity index (χ4v) is 4.12. The molecule has 0 amide bonds. The van der Waals surface area contributed by atoms with Crippen LogP contribution in [0.25, 0.3) is 0 Å². The first kappa shape index (κ1) is 16.8. The Balaban J connectivity index is 1.45. The first-order valence-corrected chi connectivity index (χ1v) is 9.79. The van der Waals surface area contributed by atoms with Gasteiger partial charge in [0.05, 0.1) is 30.7 Å². The van der Waals surface area contributed by atoms with Crippen molar-refractivity contribution in [1.82, 2.24) is 15.3 Å². The molecule has 2 aromatic rings. The molecule has 2 saturated heterocycles. The maximum atomic E-state index is 6.11. The van der Waals surface area contributed by atoms with Crippen molar-refractivity contribution in [3.63, 3.8) is 0 Å². The van der Waals surface area contributed by atoms with Gasteiger partial charge in [0.15, 0.2) is 5.75 Å². The Bertz CT molecular complexity index is 816.